The second-order valence-electron chi connectivity index (χ2n) is 3.41. The number of nitrogens with one attached hydrogen (secondary N) is 1. The van der Waals surface area contributed by atoms with E-state index in [0.29, 0.717) is 0 Å². The highest BCUT2D eigenvalue weighted by molar-refractivity contribution is 4.74. The highest BCUT2D eigenvalue weighted by atomic mass is 14.9. The van der Waals surface area contributed by atoms with E-state index in [9.17, 15) is 0 Å². The highest BCUT2D eigenvalue weighted by Crippen LogP contribution is 2.25. The first kappa shape index (κ1) is 8.06. The van der Waals surface area contributed by atoms with Gasteiger partial charge in [-0.3, -0.25) is 0 Å². The van der Waals surface area contributed by atoms with Gasteiger partial charge in [-0.2, -0.15) is 0 Å². The van der Waals surface area contributed by atoms with Gasteiger partial charge in [0.2, 0.25) is 0 Å². The summed E-state index contributed by atoms with van der Waals surface area (Å²) in [6.45, 7) is 2.31. The molecule has 0 atom stereocenters. The number of rotatable bonds is 2. The predicted molar refractivity (Wildman–Crippen MR) is 45.1 cm³/mol. The molecule has 1 N–H and O–H groups in total. The minimum Gasteiger partial charge on any atom is -0.317 e. The molecule has 1 rings (SSSR count). The summed E-state index contributed by atoms with van der Waals surface area (Å²) < 4.78 is 0. The summed E-state index contributed by atoms with van der Waals surface area (Å²) in [7, 11) is 2.08. The zero-order valence-electron chi connectivity index (χ0n) is 7.19. The maximum atomic E-state index is 3.35. The Bertz CT molecular complexity index is 70.7. The second kappa shape index (κ2) is 3.97. The van der Waals surface area contributed by atoms with Gasteiger partial charge in [-0.05, 0) is 38.6 Å². The van der Waals surface area contributed by atoms with Crippen LogP contribution in [0.25, 0.3) is 0 Å². The van der Waals surface area contributed by atoms with Crippen LogP contribution < -0.4 is 5.32 Å². The van der Waals surface area contributed by atoms with Crippen LogP contribution >= 0.6 is 0 Å². The fraction of sp³-hybridized carbons (Fsp3) is 1.00. The third kappa shape index (κ3) is 1.98. The molecule has 1 nitrogen and oxygen atoms in total. The lowest BCUT2D eigenvalue weighted by atomic mass is 9.85. The van der Waals surface area contributed by atoms with Gasteiger partial charge in [-0.1, -0.05) is 13.3 Å². The van der Waals surface area contributed by atoms with Crippen molar-refractivity contribution in [1.82, 2.24) is 5.32 Å². The molecule has 60 valence electrons. The van der Waals surface area contributed by atoms with E-state index in [-0.39, 0.29) is 0 Å². The van der Waals surface area contributed by atoms with Gasteiger partial charge in [-0.25, -0.2) is 0 Å². The van der Waals surface area contributed by atoms with Gasteiger partial charge in [0, 0.05) is 6.04 Å². The molecule has 0 aromatic heterocycles. The van der Waals surface area contributed by atoms with Crippen molar-refractivity contribution in [2.24, 2.45) is 5.92 Å². The minimum absolute atomic E-state index is 0.822. The molecule has 1 heteroatoms. The summed E-state index contributed by atoms with van der Waals surface area (Å²) in [4.78, 5) is 0. The van der Waals surface area contributed by atoms with Crippen LogP contribution in [0, 0.1) is 5.92 Å². The van der Waals surface area contributed by atoms with E-state index in [1.165, 1.54) is 32.1 Å². The second-order valence-corrected chi connectivity index (χ2v) is 3.41. The van der Waals surface area contributed by atoms with Gasteiger partial charge in [-0.15, -0.1) is 0 Å². The molecule has 0 radical (unpaired) electrons. The van der Waals surface area contributed by atoms with Crippen LogP contribution in [0.4, 0.5) is 0 Å². The van der Waals surface area contributed by atoms with Crippen molar-refractivity contribution in [2.75, 3.05) is 7.05 Å². The summed E-state index contributed by atoms with van der Waals surface area (Å²) in [6.07, 6.45) is 7.07. The molecule has 1 fully saturated rings. The van der Waals surface area contributed by atoms with E-state index in [1.807, 2.05) is 0 Å². The summed E-state index contributed by atoms with van der Waals surface area (Å²) in [5, 5.41) is 3.35. The Morgan fingerprint density at radius 3 is 2.20 bits per heavy atom. The van der Waals surface area contributed by atoms with Crippen LogP contribution in [-0.4, -0.2) is 13.1 Å². The standard InChI is InChI=1S/C9H19N/c1-3-8-4-6-9(10-2)7-5-8/h8-10H,3-7H2,1-2H3. The fourth-order valence-electron chi connectivity index (χ4n) is 1.86. The summed E-state index contributed by atoms with van der Waals surface area (Å²) in [5.41, 5.74) is 0. The van der Waals surface area contributed by atoms with Gasteiger partial charge >= 0.3 is 0 Å². The molecule has 0 spiro atoms. The van der Waals surface area contributed by atoms with Gasteiger partial charge < -0.3 is 5.32 Å². The van der Waals surface area contributed by atoms with Gasteiger partial charge in [0.05, 0.1) is 0 Å². The Morgan fingerprint density at radius 1 is 1.20 bits per heavy atom. The zero-order chi connectivity index (χ0) is 7.40. The molecule has 0 aromatic carbocycles. The normalized spacial score (nSPS) is 34.2. The van der Waals surface area contributed by atoms with E-state index in [0.717, 1.165) is 12.0 Å². The molecule has 0 amide bonds. The molecule has 1 aliphatic rings. The van der Waals surface area contributed by atoms with Crippen molar-refractivity contribution < 1.29 is 0 Å². The SMILES string of the molecule is CCC1CCC(NC)CC1. The Morgan fingerprint density at radius 2 is 1.80 bits per heavy atom. The lowest BCUT2D eigenvalue weighted by Gasteiger charge is -2.27. The van der Waals surface area contributed by atoms with Crippen LogP contribution in [-0.2, 0) is 0 Å². The van der Waals surface area contributed by atoms with Crippen molar-refractivity contribution in [3.05, 3.63) is 0 Å². The monoisotopic (exact) mass is 141 g/mol. The third-order valence-electron chi connectivity index (χ3n) is 2.83. The molecular weight excluding hydrogens is 122 g/mol. The van der Waals surface area contributed by atoms with E-state index in [2.05, 4.69) is 19.3 Å². The third-order valence-corrected chi connectivity index (χ3v) is 2.83. The molecule has 0 bridgehead atoms. The molecule has 1 aliphatic carbocycles. The Labute approximate surface area is 64.2 Å². The molecule has 10 heavy (non-hydrogen) atoms. The molecule has 0 aromatic rings. The largest absolute Gasteiger partial charge is 0.317 e. The van der Waals surface area contributed by atoms with Crippen molar-refractivity contribution >= 4 is 0 Å². The number of hydrogen-bond donors (Lipinski definition) is 1. The predicted octanol–water partition coefficient (Wildman–Crippen LogP) is 2.17. The van der Waals surface area contributed by atoms with Crippen LogP contribution in [0.15, 0.2) is 0 Å². The van der Waals surface area contributed by atoms with Gasteiger partial charge in [0.25, 0.3) is 0 Å². The van der Waals surface area contributed by atoms with E-state index in [4.69, 9.17) is 0 Å². The topological polar surface area (TPSA) is 12.0 Å². The number of hydrogen-bond acceptors (Lipinski definition) is 1. The van der Waals surface area contributed by atoms with Crippen LogP contribution in [0.2, 0.25) is 0 Å². The van der Waals surface area contributed by atoms with E-state index < -0.39 is 0 Å². The maximum Gasteiger partial charge on any atom is 0.00642 e. The molecular formula is C9H19N. The molecule has 0 aliphatic heterocycles. The molecule has 0 heterocycles. The Hall–Kier alpha value is -0.0400. The average molecular weight is 141 g/mol. The Balaban J connectivity index is 2.17. The van der Waals surface area contributed by atoms with Gasteiger partial charge in [0.15, 0.2) is 0 Å². The fourth-order valence-corrected chi connectivity index (χ4v) is 1.86. The molecule has 0 unspecified atom stereocenters. The average Bonchev–Trinajstić information content (AvgIpc) is 2.05. The van der Waals surface area contributed by atoms with Crippen LogP contribution in [0.1, 0.15) is 39.0 Å². The van der Waals surface area contributed by atoms with Crippen molar-refractivity contribution in [1.29, 1.82) is 0 Å². The van der Waals surface area contributed by atoms with Crippen molar-refractivity contribution in [3.63, 3.8) is 0 Å². The van der Waals surface area contributed by atoms with Gasteiger partial charge in [0.1, 0.15) is 0 Å². The summed E-state index contributed by atoms with van der Waals surface area (Å²) in [6, 6.07) is 0.822. The minimum atomic E-state index is 0.822. The summed E-state index contributed by atoms with van der Waals surface area (Å²) in [5.74, 6) is 1.03. The summed E-state index contributed by atoms with van der Waals surface area (Å²) >= 11 is 0. The molecule has 0 saturated heterocycles. The Kier molecular flexibility index (Phi) is 3.20. The van der Waals surface area contributed by atoms with E-state index >= 15 is 0 Å². The van der Waals surface area contributed by atoms with Crippen LogP contribution in [0.5, 0.6) is 0 Å². The van der Waals surface area contributed by atoms with Crippen molar-refractivity contribution in [3.8, 4) is 0 Å². The first-order chi connectivity index (χ1) is 4.86. The van der Waals surface area contributed by atoms with Crippen molar-refractivity contribution in [2.45, 2.75) is 45.1 Å². The molecule has 1 saturated carbocycles. The van der Waals surface area contributed by atoms with E-state index in [1.54, 1.807) is 0 Å². The smallest absolute Gasteiger partial charge is 0.00642 e. The first-order valence-corrected chi connectivity index (χ1v) is 4.54. The lowest BCUT2D eigenvalue weighted by Crippen LogP contribution is -2.29. The quantitative estimate of drug-likeness (QED) is 0.621. The lowest BCUT2D eigenvalue weighted by molar-refractivity contribution is 0.296. The zero-order valence-corrected chi connectivity index (χ0v) is 7.19. The first-order valence-electron chi connectivity index (χ1n) is 4.54. The van der Waals surface area contributed by atoms with Crippen LogP contribution in [0.3, 0.4) is 0 Å². The highest BCUT2D eigenvalue weighted by Gasteiger charge is 2.17. The maximum absolute atomic E-state index is 3.35.